The normalized spacial score (nSPS) is 10.4. The van der Waals surface area contributed by atoms with E-state index >= 15 is 0 Å². The molecule has 0 aliphatic rings. The van der Waals surface area contributed by atoms with E-state index < -0.39 is 5.97 Å². The molecule has 28 heteroatoms. The molecular formula is C78H75BrN12O11S4. The second-order valence-corrected chi connectivity index (χ2v) is 26.4. The minimum absolute atomic E-state index is 0.187. The number of alkyl halides is 1. The highest BCUT2D eigenvalue weighted by molar-refractivity contribution is 9.08. The van der Waals surface area contributed by atoms with E-state index in [9.17, 15) is 19.2 Å². The Labute approximate surface area is 636 Å². The Morgan fingerprint density at radius 2 is 0.755 bits per heavy atom. The van der Waals surface area contributed by atoms with Crippen LogP contribution in [0.3, 0.4) is 0 Å². The van der Waals surface area contributed by atoms with Crippen LogP contribution in [0.25, 0.3) is 44.1 Å². The lowest BCUT2D eigenvalue weighted by molar-refractivity contribution is 0.0592. The number of carboxylic acid groups (broad SMARTS) is 1. The van der Waals surface area contributed by atoms with Gasteiger partial charge in [-0.25, -0.2) is 29.3 Å². The van der Waals surface area contributed by atoms with Crippen LogP contribution in [-0.4, -0.2) is 111 Å². The summed E-state index contributed by atoms with van der Waals surface area (Å²) in [6.07, 6.45) is 0. The molecule has 0 fully saturated rings. The van der Waals surface area contributed by atoms with Gasteiger partial charge in [-0.3, -0.25) is 4.79 Å². The molecule has 106 heavy (non-hydrogen) atoms. The zero-order chi connectivity index (χ0) is 75.5. The molecule has 10 aromatic carbocycles. The molecule has 0 unspecified atom stereocenters. The van der Waals surface area contributed by atoms with Crippen molar-refractivity contribution in [2.75, 3.05) is 65.2 Å². The lowest BCUT2D eigenvalue weighted by Crippen LogP contribution is -2.13. The quantitative estimate of drug-likeness (QED) is 0.0118. The maximum Gasteiger partial charge on any atom is 0.337 e. The average Bonchev–Trinajstić information content (AvgIpc) is 1.69. The number of rotatable bonds is 19. The molecule has 544 valence electrons. The molecule has 4 heterocycles. The third-order valence-corrected chi connectivity index (χ3v) is 19.1. The predicted octanol–water partition coefficient (Wildman–Crippen LogP) is 17.4. The number of aromatic carboxylic acids is 1. The number of aromatic nitrogens is 8. The van der Waals surface area contributed by atoms with Gasteiger partial charge in [0.15, 0.2) is 20.2 Å². The molecular weight excluding hydrogens is 1490 g/mol. The van der Waals surface area contributed by atoms with Gasteiger partial charge in [-0.15, -0.1) is 0 Å². The molecule has 23 nitrogen and oxygen atoms in total. The summed E-state index contributed by atoms with van der Waals surface area (Å²) < 4.78 is 30.6. The van der Waals surface area contributed by atoms with Gasteiger partial charge in [-0.2, -0.15) is 0 Å². The van der Waals surface area contributed by atoms with Crippen molar-refractivity contribution in [3.05, 3.63) is 268 Å². The Morgan fingerprint density at radius 1 is 0.415 bits per heavy atom. The number of para-hydroxylation sites is 4. The molecule has 14 rings (SSSR count). The molecule has 0 bridgehead atoms. The number of methoxy groups -OCH3 is 6. The summed E-state index contributed by atoms with van der Waals surface area (Å²) in [6, 6.07) is 66.4. The third-order valence-electron chi connectivity index (χ3n) is 15.4. The van der Waals surface area contributed by atoms with E-state index in [0.717, 1.165) is 127 Å². The fourth-order valence-electron chi connectivity index (χ4n) is 9.59. The van der Waals surface area contributed by atoms with Crippen LogP contribution in [0.1, 0.15) is 63.7 Å². The topological polar surface area (TPSA) is 352 Å². The summed E-state index contributed by atoms with van der Waals surface area (Å²) in [4.78, 5) is 75.1. The van der Waals surface area contributed by atoms with Crippen molar-refractivity contribution in [3.8, 4) is 23.0 Å². The Bertz CT molecular complexity index is 5290. The van der Waals surface area contributed by atoms with E-state index in [2.05, 4.69) is 70.6 Å². The molecule has 13 N–H and O–H groups in total. The second kappa shape index (κ2) is 39.3. The van der Waals surface area contributed by atoms with Crippen LogP contribution in [0.4, 0.5) is 22.7 Å². The zero-order valence-corrected chi connectivity index (χ0v) is 63.1. The first-order valence-electron chi connectivity index (χ1n) is 32.2. The number of carboxylic acids is 1. The Balaban J connectivity index is 0.000000154. The van der Waals surface area contributed by atoms with Crippen molar-refractivity contribution >= 4 is 154 Å². The minimum atomic E-state index is -0.912. The number of fused-ring (bicyclic) bond motifs is 4. The molecule has 0 saturated heterocycles. The highest BCUT2D eigenvalue weighted by Gasteiger charge is 2.13. The monoisotopic (exact) mass is 1560 g/mol. The number of amides is 1. The second-order valence-electron chi connectivity index (χ2n) is 22.5. The summed E-state index contributed by atoms with van der Waals surface area (Å²) in [6.45, 7) is 0. The number of halogens is 1. The highest BCUT2D eigenvalue weighted by Crippen LogP contribution is 2.30. The standard InChI is InChI=1S/C22H20N4O2S.C17H16N2O3S.C16H14N2O3S.C9H9BrO2.C8H8N2OS.C6H8N2/c1-28-16-10-11-19-20(12-16)26-22(25-19)29-13-14-6-8-15(9-7-14)21(27)24-18-5-3-2-4-17(18)23;1-21-13-7-8-14-15(9-13)19-17(18-14)23-10-11-3-5-12(6-4-11)16(20)22-2;1-21-12-6-7-13-14(8-12)18-16(17-13)22-9-10-2-4-11(5-3-10)15(19)20;1-12-9(11)8-4-2-7(6-10)3-5-8;1-11-5-2-3-6-7(4-5)10-8(12)9-6;7-5-3-1-2-4-6(5)8/h2-12H,13,23H2,1H3,(H,24,27)(H,25,26);3-9H,10H2,1-2H3,(H,18,19);2-8H,9H2,1H3,(H,17,18)(H,19,20);2-5H,6H2,1H3;2-4H,1H3,(H2,9,10,12);1-4H,7-8H2. The zero-order valence-electron chi connectivity index (χ0n) is 58.2. The van der Waals surface area contributed by atoms with Gasteiger partial charge in [0.25, 0.3) is 5.91 Å². The van der Waals surface area contributed by atoms with Gasteiger partial charge in [0, 0.05) is 52.4 Å². The summed E-state index contributed by atoms with van der Waals surface area (Å²) in [5, 5.41) is 15.0. The number of imidazole rings is 4. The number of thioether (sulfide) groups is 3. The number of nitrogens with one attached hydrogen (secondary N) is 6. The number of carbonyl (C=O) groups is 4. The molecule has 1 amide bonds. The van der Waals surface area contributed by atoms with Gasteiger partial charge in [-0.05, 0) is 156 Å². The molecule has 0 spiro atoms. The van der Waals surface area contributed by atoms with E-state index in [1.54, 1.807) is 124 Å². The predicted molar refractivity (Wildman–Crippen MR) is 429 cm³/mol. The van der Waals surface area contributed by atoms with Crippen molar-refractivity contribution in [2.24, 2.45) is 0 Å². The number of nitrogens with two attached hydrogens (primary N) is 3. The number of aromatic amines is 5. The molecule has 0 saturated carbocycles. The molecule has 14 aromatic rings. The SMILES string of the molecule is COC(=O)c1ccc(CBr)cc1.COC(=O)c1ccc(CSc2nc3ccc(OC)cc3[nH]2)cc1.COc1ccc2[nH]c(=S)[nH]c2c1.COc1ccc2nc(SCc3ccc(C(=O)Nc4ccccc4N)cc3)[nH]c2c1.COc1ccc2nc(SCc3ccc(C(=O)O)cc3)[nH]c2c1.Nc1ccccc1N. The van der Waals surface area contributed by atoms with Crippen molar-refractivity contribution in [1.29, 1.82) is 0 Å². The van der Waals surface area contributed by atoms with E-state index in [0.29, 0.717) is 49.8 Å². The van der Waals surface area contributed by atoms with Gasteiger partial charge < -0.3 is 81.0 Å². The van der Waals surface area contributed by atoms with Crippen LogP contribution < -0.4 is 41.5 Å². The van der Waals surface area contributed by atoms with Gasteiger partial charge >= 0.3 is 17.9 Å². The number of nitrogens with zero attached hydrogens (tertiary/aromatic N) is 3. The van der Waals surface area contributed by atoms with Crippen LogP contribution in [0.2, 0.25) is 0 Å². The van der Waals surface area contributed by atoms with Gasteiger partial charge in [-0.1, -0.05) is 124 Å². The third kappa shape index (κ3) is 22.9. The summed E-state index contributed by atoms with van der Waals surface area (Å²) in [5.74, 6) is 3.72. The largest absolute Gasteiger partial charge is 0.497 e. The first-order valence-corrected chi connectivity index (χ1v) is 36.7. The van der Waals surface area contributed by atoms with Gasteiger partial charge in [0.2, 0.25) is 0 Å². The number of hydrogen-bond acceptors (Lipinski definition) is 20. The summed E-state index contributed by atoms with van der Waals surface area (Å²) in [5.41, 5.74) is 33.0. The van der Waals surface area contributed by atoms with E-state index in [-0.39, 0.29) is 17.8 Å². The number of nitrogen functional groups attached to an aromatic ring is 3. The minimum Gasteiger partial charge on any atom is -0.497 e. The fraction of sp³-hybridized carbons (Fsp3) is 0.128. The lowest BCUT2D eigenvalue weighted by Gasteiger charge is -2.08. The average molecular weight is 1560 g/mol. The maximum atomic E-state index is 12.4. The van der Waals surface area contributed by atoms with E-state index in [1.807, 2.05) is 158 Å². The smallest absolute Gasteiger partial charge is 0.337 e. The number of H-pyrrole nitrogens is 5. The number of carbonyl (C=O) groups excluding carboxylic acids is 3. The molecule has 0 aliphatic carbocycles. The Morgan fingerprint density at radius 3 is 1.11 bits per heavy atom. The number of ether oxygens (including phenoxy) is 6. The van der Waals surface area contributed by atoms with Gasteiger partial charge in [0.1, 0.15) is 23.0 Å². The summed E-state index contributed by atoms with van der Waals surface area (Å²) >= 11 is 13.0. The lowest BCUT2D eigenvalue weighted by atomic mass is 10.1. The molecule has 4 aromatic heterocycles. The molecule has 0 aliphatic heterocycles. The highest BCUT2D eigenvalue weighted by atomic mass is 79.9. The van der Waals surface area contributed by atoms with E-state index in [1.165, 1.54) is 14.2 Å². The van der Waals surface area contributed by atoms with Crippen molar-refractivity contribution in [3.63, 3.8) is 0 Å². The first-order chi connectivity index (χ1) is 51.3. The van der Waals surface area contributed by atoms with Crippen LogP contribution in [0.15, 0.2) is 234 Å². The van der Waals surface area contributed by atoms with Crippen molar-refractivity contribution < 1.29 is 52.7 Å². The van der Waals surface area contributed by atoms with Crippen LogP contribution in [0, 0.1) is 4.77 Å². The fourth-order valence-corrected chi connectivity index (χ4v) is 12.7. The van der Waals surface area contributed by atoms with Crippen LogP contribution >= 0.6 is 63.4 Å². The van der Waals surface area contributed by atoms with Crippen molar-refractivity contribution in [2.45, 2.75) is 38.1 Å². The number of anilines is 4. The Hall–Kier alpha value is -11.7. The van der Waals surface area contributed by atoms with Crippen LogP contribution in [-0.2, 0) is 32.1 Å². The van der Waals surface area contributed by atoms with Gasteiger partial charge in [0.05, 0.1) is 126 Å². The Kier molecular flexibility index (Phi) is 29.1. The van der Waals surface area contributed by atoms with Crippen LogP contribution in [0.5, 0.6) is 23.0 Å². The van der Waals surface area contributed by atoms with Crippen molar-refractivity contribution in [1.82, 2.24) is 39.9 Å². The number of hydrogen-bond donors (Lipinski definition) is 10. The molecule has 0 atom stereocenters. The van der Waals surface area contributed by atoms with E-state index in [4.69, 9.17) is 53.5 Å². The summed E-state index contributed by atoms with van der Waals surface area (Å²) in [7, 11) is 9.32. The molecule has 0 radical (unpaired) electrons. The first kappa shape index (κ1) is 78.4. The number of benzene rings is 10. The maximum absolute atomic E-state index is 12.4. The number of esters is 2.